The molecule has 0 fully saturated rings. The third-order valence-corrected chi connectivity index (χ3v) is 4.69. The Kier molecular flexibility index (Phi) is 4.48. The summed E-state index contributed by atoms with van der Waals surface area (Å²) in [6, 6.07) is 20.4. The minimum absolute atomic E-state index is 0.242. The van der Waals surface area contributed by atoms with Gasteiger partial charge in [-0.05, 0) is 37.5 Å². The fraction of sp³-hybridized carbons (Fsp3) is 0.130. The van der Waals surface area contributed by atoms with Crippen molar-refractivity contribution in [1.82, 2.24) is 0 Å². The number of hydrogen-bond acceptors (Lipinski definition) is 3. The standard InChI is InChI=1S/C23H19N3/c1-14-4-8-17(9-5-14)21-16(3)22(18-10-6-15(2)7-11-18)20(13-25)23(26)19(21)12-24/h4-11H,26H2,1-3H3. The summed E-state index contributed by atoms with van der Waals surface area (Å²) in [7, 11) is 0. The number of nitrogen functional groups attached to an aromatic ring is 1. The van der Waals surface area contributed by atoms with Gasteiger partial charge in [0.15, 0.2) is 0 Å². The molecule has 26 heavy (non-hydrogen) atoms. The Morgan fingerprint density at radius 2 is 1.00 bits per heavy atom. The number of rotatable bonds is 2. The van der Waals surface area contributed by atoms with Crippen molar-refractivity contribution in [3.8, 4) is 34.4 Å². The molecule has 0 saturated heterocycles. The topological polar surface area (TPSA) is 73.6 Å². The number of nitriles is 2. The van der Waals surface area contributed by atoms with Crippen LogP contribution in [0.25, 0.3) is 22.3 Å². The highest BCUT2D eigenvalue weighted by atomic mass is 14.6. The predicted molar refractivity (Wildman–Crippen MR) is 105 cm³/mol. The molecular weight excluding hydrogens is 318 g/mol. The normalized spacial score (nSPS) is 10.2. The summed E-state index contributed by atoms with van der Waals surface area (Å²) < 4.78 is 0. The van der Waals surface area contributed by atoms with E-state index in [4.69, 9.17) is 5.73 Å². The van der Waals surface area contributed by atoms with Crippen LogP contribution in [-0.4, -0.2) is 0 Å². The molecule has 0 saturated carbocycles. The molecule has 0 heterocycles. The van der Waals surface area contributed by atoms with Gasteiger partial charge in [-0.25, -0.2) is 0 Å². The van der Waals surface area contributed by atoms with Gasteiger partial charge in [0.1, 0.15) is 12.1 Å². The number of aryl methyl sites for hydroxylation is 2. The van der Waals surface area contributed by atoms with Gasteiger partial charge < -0.3 is 5.73 Å². The lowest BCUT2D eigenvalue weighted by atomic mass is 9.84. The van der Waals surface area contributed by atoms with E-state index in [1.54, 1.807) is 0 Å². The average Bonchev–Trinajstić information content (AvgIpc) is 2.64. The molecule has 2 N–H and O–H groups in total. The summed E-state index contributed by atoms with van der Waals surface area (Å²) >= 11 is 0. The van der Waals surface area contributed by atoms with Crippen LogP contribution in [0.2, 0.25) is 0 Å². The SMILES string of the molecule is Cc1ccc(-c2c(C)c(-c3ccc(C)cc3)c(C#N)c(N)c2C#N)cc1. The predicted octanol–water partition coefficient (Wildman–Crippen LogP) is 5.27. The van der Waals surface area contributed by atoms with Crippen LogP contribution in [0.3, 0.4) is 0 Å². The zero-order valence-electron chi connectivity index (χ0n) is 15.1. The fourth-order valence-electron chi connectivity index (χ4n) is 3.29. The molecule has 0 radical (unpaired) electrons. The van der Waals surface area contributed by atoms with Crippen LogP contribution in [0, 0.1) is 43.4 Å². The van der Waals surface area contributed by atoms with E-state index in [-0.39, 0.29) is 5.69 Å². The Morgan fingerprint density at radius 3 is 1.31 bits per heavy atom. The first kappa shape index (κ1) is 17.3. The Hall–Kier alpha value is -3.56. The number of benzene rings is 3. The van der Waals surface area contributed by atoms with Gasteiger partial charge in [0.25, 0.3) is 0 Å². The molecular formula is C23H19N3. The lowest BCUT2D eigenvalue weighted by molar-refractivity contribution is 1.37. The fourth-order valence-corrected chi connectivity index (χ4v) is 3.29. The largest absolute Gasteiger partial charge is 0.397 e. The van der Waals surface area contributed by atoms with Crippen molar-refractivity contribution in [1.29, 1.82) is 10.5 Å². The van der Waals surface area contributed by atoms with Crippen molar-refractivity contribution >= 4 is 5.69 Å². The van der Waals surface area contributed by atoms with Gasteiger partial charge in [0.2, 0.25) is 0 Å². The molecule has 0 spiro atoms. The van der Waals surface area contributed by atoms with Crippen molar-refractivity contribution in [3.05, 3.63) is 76.3 Å². The van der Waals surface area contributed by atoms with E-state index in [2.05, 4.69) is 12.1 Å². The summed E-state index contributed by atoms with van der Waals surface area (Å²) in [5, 5.41) is 19.4. The zero-order chi connectivity index (χ0) is 18.8. The number of nitrogens with zero attached hydrogens (tertiary/aromatic N) is 2. The highest BCUT2D eigenvalue weighted by Crippen LogP contribution is 2.41. The Bertz CT molecular complexity index is 976. The molecule has 0 unspecified atom stereocenters. The minimum Gasteiger partial charge on any atom is -0.397 e. The Morgan fingerprint density at radius 1 is 0.654 bits per heavy atom. The van der Waals surface area contributed by atoms with Gasteiger partial charge in [-0.1, -0.05) is 59.7 Å². The Labute approximate surface area is 153 Å². The maximum atomic E-state index is 9.72. The van der Waals surface area contributed by atoms with Crippen molar-refractivity contribution in [3.63, 3.8) is 0 Å². The summed E-state index contributed by atoms with van der Waals surface area (Å²) in [6.45, 7) is 5.99. The van der Waals surface area contributed by atoms with Gasteiger partial charge in [-0.2, -0.15) is 10.5 Å². The molecule has 3 nitrogen and oxygen atoms in total. The van der Waals surface area contributed by atoms with E-state index >= 15 is 0 Å². The van der Waals surface area contributed by atoms with E-state index < -0.39 is 0 Å². The maximum absolute atomic E-state index is 9.72. The quantitative estimate of drug-likeness (QED) is 0.647. The molecule has 0 aliphatic carbocycles. The second-order valence-electron chi connectivity index (χ2n) is 6.49. The molecule has 3 aromatic carbocycles. The van der Waals surface area contributed by atoms with E-state index in [0.29, 0.717) is 11.1 Å². The lowest BCUT2D eigenvalue weighted by Crippen LogP contribution is -2.04. The van der Waals surface area contributed by atoms with Crippen LogP contribution in [0.1, 0.15) is 27.8 Å². The van der Waals surface area contributed by atoms with Crippen molar-refractivity contribution in [2.45, 2.75) is 20.8 Å². The van der Waals surface area contributed by atoms with Crippen LogP contribution in [0.4, 0.5) is 5.69 Å². The number of nitrogens with two attached hydrogens (primary N) is 1. The second kappa shape index (κ2) is 6.75. The molecule has 3 rings (SSSR count). The monoisotopic (exact) mass is 337 g/mol. The number of hydrogen-bond donors (Lipinski definition) is 1. The van der Waals surface area contributed by atoms with Crippen molar-refractivity contribution in [2.24, 2.45) is 0 Å². The van der Waals surface area contributed by atoms with Crippen LogP contribution in [-0.2, 0) is 0 Å². The molecule has 3 aromatic rings. The summed E-state index contributed by atoms with van der Waals surface area (Å²) in [5.41, 5.74) is 13.8. The van der Waals surface area contributed by atoms with Gasteiger partial charge in [0.05, 0.1) is 16.8 Å². The van der Waals surface area contributed by atoms with E-state index in [1.807, 2.05) is 69.3 Å². The third-order valence-electron chi connectivity index (χ3n) is 4.69. The summed E-state index contributed by atoms with van der Waals surface area (Å²) in [6.07, 6.45) is 0. The molecule has 0 aliphatic heterocycles. The summed E-state index contributed by atoms with van der Waals surface area (Å²) in [4.78, 5) is 0. The number of anilines is 1. The first-order valence-corrected chi connectivity index (χ1v) is 8.38. The van der Waals surface area contributed by atoms with E-state index in [9.17, 15) is 10.5 Å². The Balaban J connectivity index is 2.42. The smallest absolute Gasteiger partial charge is 0.102 e. The molecule has 0 aromatic heterocycles. The minimum atomic E-state index is 0.242. The molecule has 0 aliphatic rings. The van der Waals surface area contributed by atoms with Crippen LogP contribution in [0.15, 0.2) is 48.5 Å². The van der Waals surface area contributed by atoms with E-state index in [1.165, 1.54) is 0 Å². The molecule has 126 valence electrons. The van der Waals surface area contributed by atoms with Crippen LogP contribution in [0.5, 0.6) is 0 Å². The maximum Gasteiger partial charge on any atom is 0.102 e. The molecule has 0 atom stereocenters. The van der Waals surface area contributed by atoms with Gasteiger partial charge in [0, 0.05) is 11.1 Å². The van der Waals surface area contributed by atoms with Gasteiger partial charge >= 0.3 is 0 Å². The van der Waals surface area contributed by atoms with Crippen LogP contribution >= 0.6 is 0 Å². The third kappa shape index (κ3) is 2.81. The van der Waals surface area contributed by atoms with Crippen molar-refractivity contribution in [2.75, 3.05) is 5.73 Å². The van der Waals surface area contributed by atoms with E-state index in [0.717, 1.165) is 38.9 Å². The second-order valence-corrected chi connectivity index (χ2v) is 6.49. The van der Waals surface area contributed by atoms with Gasteiger partial charge in [-0.3, -0.25) is 0 Å². The molecule has 0 bridgehead atoms. The first-order chi connectivity index (χ1) is 12.5. The lowest BCUT2D eigenvalue weighted by Gasteiger charge is -2.18. The summed E-state index contributed by atoms with van der Waals surface area (Å²) in [5.74, 6) is 0. The average molecular weight is 337 g/mol. The van der Waals surface area contributed by atoms with Crippen LogP contribution < -0.4 is 5.73 Å². The highest BCUT2D eigenvalue weighted by molar-refractivity contribution is 5.92. The molecule has 3 heteroatoms. The zero-order valence-corrected chi connectivity index (χ0v) is 15.1. The van der Waals surface area contributed by atoms with Gasteiger partial charge in [-0.15, -0.1) is 0 Å². The highest BCUT2D eigenvalue weighted by Gasteiger charge is 2.22. The van der Waals surface area contributed by atoms with Crippen molar-refractivity contribution < 1.29 is 0 Å². The first-order valence-electron chi connectivity index (χ1n) is 8.38. The molecule has 0 amide bonds.